The molecule has 0 saturated heterocycles. The molecule has 2 aromatic rings. The maximum atomic E-state index is 6.03. The quantitative estimate of drug-likeness (QED) is 0.720. The summed E-state index contributed by atoms with van der Waals surface area (Å²) in [7, 11) is 0. The number of aromatic nitrogens is 3. The van der Waals surface area contributed by atoms with Gasteiger partial charge in [0.2, 0.25) is 0 Å². The number of alkyl halides is 1. The van der Waals surface area contributed by atoms with E-state index < -0.39 is 0 Å². The van der Waals surface area contributed by atoms with E-state index >= 15 is 0 Å². The second kappa shape index (κ2) is 6.23. The van der Waals surface area contributed by atoms with Gasteiger partial charge < -0.3 is 4.57 Å². The molecule has 104 valence electrons. The lowest BCUT2D eigenvalue weighted by atomic mass is 10.0. The Morgan fingerprint density at radius 2 is 2.05 bits per heavy atom. The summed E-state index contributed by atoms with van der Waals surface area (Å²) in [6.07, 6.45) is 4.12. The summed E-state index contributed by atoms with van der Waals surface area (Å²) in [6.45, 7) is 6.70. The molecule has 2 heterocycles. The standard InChI is InChI=1S/C14H19BrClN3/c1-9(2)4-5-10(3)19-13(7-16)18-12-6-11(15)8-17-14(12)19/h6,8-10H,4-5,7H2,1-3H3. The van der Waals surface area contributed by atoms with E-state index in [1.54, 1.807) is 0 Å². The van der Waals surface area contributed by atoms with Crippen molar-refractivity contribution < 1.29 is 0 Å². The number of fused-ring (bicyclic) bond motifs is 1. The molecule has 0 bridgehead atoms. The van der Waals surface area contributed by atoms with Gasteiger partial charge in [-0.15, -0.1) is 11.6 Å². The van der Waals surface area contributed by atoms with Crippen molar-refractivity contribution >= 4 is 38.7 Å². The first-order valence-corrected chi connectivity index (χ1v) is 7.94. The predicted molar refractivity (Wildman–Crippen MR) is 83.6 cm³/mol. The molecule has 1 atom stereocenters. The van der Waals surface area contributed by atoms with E-state index in [9.17, 15) is 0 Å². The normalized spacial score (nSPS) is 13.4. The lowest BCUT2D eigenvalue weighted by Gasteiger charge is -2.17. The van der Waals surface area contributed by atoms with Crippen LogP contribution in [0.4, 0.5) is 0 Å². The first kappa shape index (κ1) is 14.8. The molecular formula is C14H19BrClN3. The highest BCUT2D eigenvalue weighted by molar-refractivity contribution is 9.10. The predicted octanol–water partition coefficient (Wildman–Crippen LogP) is 4.93. The Morgan fingerprint density at radius 1 is 1.32 bits per heavy atom. The molecule has 0 fully saturated rings. The van der Waals surface area contributed by atoms with Crippen molar-refractivity contribution in [3.05, 3.63) is 22.6 Å². The zero-order valence-corrected chi connectivity index (χ0v) is 13.9. The number of halogens is 2. The maximum absolute atomic E-state index is 6.03. The topological polar surface area (TPSA) is 30.7 Å². The van der Waals surface area contributed by atoms with E-state index in [1.165, 1.54) is 6.42 Å². The second-order valence-corrected chi connectivity index (χ2v) is 6.53. The number of pyridine rings is 1. The highest BCUT2D eigenvalue weighted by Gasteiger charge is 2.16. The van der Waals surface area contributed by atoms with Gasteiger partial charge in [-0.05, 0) is 47.7 Å². The largest absolute Gasteiger partial charge is 0.309 e. The molecule has 19 heavy (non-hydrogen) atoms. The fraction of sp³-hybridized carbons (Fsp3) is 0.571. The Labute approximate surface area is 127 Å². The third-order valence-electron chi connectivity index (χ3n) is 3.29. The van der Waals surface area contributed by atoms with Crippen molar-refractivity contribution in [2.24, 2.45) is 5.92 Å². The second-order valence-electron chi connectivity index (χ2n) is 5.35. The summed E-state index contributed by atoms with van der Waals surface area (Å²) >= 11 is 9.46. The highest BCUT2D eigenvalue weighted by Crippen LogP contribution is 2.26. The average molecular weight is 345 g/mol. The van der Waals surface area contributed by atoms with Crippen molar-refractivity contribution in [2.75, 3.05) is 0 Å². The van der Waals surface area contributed by atoms with Crippen LogP contribution in [-0.4, -0.2) is 14.5 Å². The number of rotatable bonds is 5. The van der Waals surface area contributed by atoms with Crippen LogP contribution < -0.4 is 0 Å². The summed E-state index contributed by atoms with van der Waals surface area (Å²) in [6, 6.07) is 2.36. The molecule has 0 aliphatic carbocycles. The minimum Gasteiger partial charge on any atom is -0.309 e. The first-order chi connectivity index (χ1) is 9.02. The average Bonchev–Trinajstić information content (AvgIpc) is 2.73. The Kier molecular flexibility index (Phi) is 4.85. The smallest absolute Gasteiger partial charge is 0.160 e. The van der Waals surface area contributed by atoms with Crippen LogP contribution in [-0.2, 0) is 5.88 Å². The van der Waals surface area contributed by atoms with Gasteiger partial charge in [0.25, 0.3) is 0 Å². The molecule has 0 aliphatic heterocycles. The van der Waals surface area contributed by atoms with Crippen molar-refractivity contribution in [1.82, 2.24) is 14.5 Å². The molecule has 0 spiro atoms. The third kappa shape index (κ3) is 3.29. The lowest BCUT2D eigenvalue weighted by Crippen LogP contribution is -2.10. The minimum absolute atomic E-state index is 0.370. The molecule has 2 aromatic heterocycles. The van der Waals surface area contributed by atoms with Crippen LogP contribution >= 0.6 is 27.5 Å². The number of hydrogen-bond acceptors (Lipinski definition) is 2. The van der Waals surface area contributed by atoms with Gasteiger partial charge in [-0.25, -0.2) is 9.97 Å². The van der Waals surface area contributed by atoms with Gasteiger partial charge in [0, 0.05) is 16.7 Å². The monoisotopic (exact) mass is 343 g/mol. The van der Waals surface area contributed by atoms with Gasteiger partial charge in [0.05, 0.1) is 5.88 Å². The summed E-state index contributed by atoms with van der Waals surface area (Å²) in [5, 5.41) is 0. The SMILES string of the molecule is CC(C)CCC(C)n1c(CCl)nc2cc(Br)cnc21. The van der Waals surface area contributed by atoms with Crippen molar-refractivity contribution in [3.63, 3.8) is 0 Å². The molecule has 0 aliphatic rings. The summed E-state index contributed by atoms with van der Waals surface area (Å²) in [4.78, 5) is 9.07. The third-order valence-corrected chi connectivity index (χ3v) is 3.96. The first-order valence-electron chi connectivity index (χ1n) is 6.61. The zero-order valence-electron chi connectivity index (χ0n) is 11.5. The van der Waals surface area contributed by atoms with Gasteiger partial charge in [-0.3, -0.25) is 0 Å². The van der Waals surface area contributed by atoms with Crippen LogP contribution in [0.5, 0.6) is 0 Å². The van der Waals surface area contributed by atoms with Crippen LogP contribution in [0.2, 0.25) is 0 Å². The molecule has 5 heteroatoms. The fourth-order valence-corrected chi connectivity index (χ4v) is 2.77. The lowest BCUT2D eigenvalue weighted by molar-refractivity contribution is 0.438. The number of imidazole rings is 1. The van der Waals surface area contributed by atoms with Gasteiger partial charge in [-0.1, -0.05) is 13.8 Å². The molecule has 3 nitrogen and oxygen atoms in total. The van der Waals surface area contributed by atoms with Crippen LogP contribution in [0.3, 0.4) is 0 Å². The zero-order chi connectivity index (χ0) is 14.0. The Balaban J connectivity index is 2.39. The Morgan fingerprint density at radius 3 is 2.68 bits per heavy atom. The van der Waals surface area contributed by atoms with Crippen LogP contribution in [0.1, 0.15) is 45.5 Å². The Bertz CT molecular complexity index is 565. The van der Waals surface area contributed by atoms with E-state index in [0.717, 1.165) is 27.9 Å². The Hall–Kier alpha value is -0.610. The van der Waals surface area contributed by atoms with E-state index in [1.807, 2.05) is 12.3 Å². The maximum Gasteiger partial charge on any atom is 0.160 e. The molecular weight excluding hydrogens is 326 g/mol. The molecule has 0 saturated carbocycles. The van der Waals surface area contributed by atoms with E-state index in [-0.39, 0.29) is 0 Å². The van der Waals surface area contributed by atoms with Gasteiger partial charge in [-0.2, -0.15) is 0 Å². The molecule has 0 radical (unpaired) electrons. The van der Waals surface area contributed by atoms with Gasteiger partial charge >= 0.3 is 0 Å². The van der Waals surface area contributed by atoms with E-state index in [2.05, 4.69) is 51.2 Å². The number of nitrogens with zero attached hydrogens (tertiary/aromatic N) is 3. The minimum atomic E-state index is 0.370. The summed E-state index contributed by atoms with van der Waals surface area (Å²) in [5.74, 6) is 2.03. The van der Waals surface area contributed by atoms with Crippen LogP contribution in [0.25, 0.3) is 11.2 Å². The van der Waals surface area contributed by atoms with Crippen molar-refractivity contribution in [3.8, 4) is 0 Å². The van der Waals surface area contributed by atoms with Gasteiger partial charge in [0.1, 0.15) is 11.3 Å². The summed E-state index contributed by atoms with van der Waals surface area (Å²) < 4.78 is 3.12. The highest BCUT2D eigenvalue weighted by atomic mass is 79.9. The molecule has 1 unspecified atom stereocenters. The fourth-order valence-electron chi connectivity index (χ4n) is 2.27. The molecule has 0 amide bonds. The van der Waals surface area contributed by atoms with Gasteiger partial charge in [0.15, 0.2) is 5.65 Å². The molecule has 0 aromatic carbocycles. The van der Waals surface area contributed by atoms with E-state index in [4.69, 9.17) is 11.6 Å². The molecule has 0 N–H and O–H groups in total. The van der Waals surface area contributed by atoms with Crippen LogP contribution in [0, 0.1) is 5.92 Å². The molecule has 2 rings (SSSR count). The number of hydrogen-bond donors (Lipinski definition) is 0. The van der Waals surface area contributed by atoms with Crippen LogP contribution in [0.15, 0.2) is 16.7 Å². The van der Waals surface area contributed by atoms with E-state index in [0.29, 0.717) is 17.8 Å². The summed E-state index contributed by atoms with van der Waals surface area (Å²) in [5.41, 5.74) is 1.83. The van der Waals surface area contributed by atoms with Crippen molar-refractivity contribution in [1.29, 1.82) is 0 Å². The van der Waals surface area contributed by atoms with Crippen molar-refractivity contribution in [2.45, 2.75) is 45.5 Å².